The van der Waals surface area contributed by atoms with E-state index in [0.29, 0.717) is 24.2 Å². The molecule has 24 heavy (non-hydrogen) atoms. The number of aromatic nitrogens is 2. The minimum Gasteiger partial charge on any atom is -0.355 e. The largest absolute Gasteiger partial charge is 0.355 e. The molecule has 1 unspecified atom stereocenters. The van der Waals surface area contributed by atoms with Gasteiger partial charge in [-0.3, -0.25) is 9.59 Å². The van der Waals surface area contributed by atoms with E-state index in [1.165, 1.54) is 0 Å². The third-order valence-corrected chi connectivity index (χ3v) is 4.72. The van der Waals surface area contributed by atoms with Crippen LogP contribution < -0.4 is 10.9 Å². The van der Waals surface area contributed by atoms with Crippen molar-refractivity contribution < 1.29 is 4.79 Å². The lowest BCUT2D eigenvalue weighted by molar-refractivity contribution is -0.121. The number of amides is 1. The van der Waals surface area contributed by atoms with Crippen LogP contribution in [0.1, 0.15) is 25.5 Å². The van der Waals surface area contributed by atoms with E-state index in [0.717, 1.165) is 25.0 Å². The topological polar surface area (TPSA) is 78.1 Å². The Kier molecular flexibility index (Phi) is 4.66. The minimum absolute atomic E-state index is 0.0277. The second-order valence-corrected chi connectivity index (χ2v) is 7.10. The van der Waals surface area contributed by atoms with Gasteiger partial charge in [0.1, 0.15) is 5.69 Å². The zero-order valence-corrected chi connectivity index (χ0v) is 14.3. The predicted octanol–water partition coefficient (Wildman–Crippen LogP) is 1.31. The lowest BCUT2D eigenvalue weighted by Gasteiger charge is -2.24. The first-order chi connectivity index (χ1) is 11.5. The van der Waals surface area contributed by atoms with Gasteiger partial charge >= 0.3 is 0 Å². The third kappa shape index (κ3) is 3.82. The SMILES string of the molecule is CN1CCC(C)(CNC(=O)CCc2nc3ccccc3[nH]c2=O)C1. The van der Waals surface area contributed by atoms with Crippen LogP contribution in [0.2, 0.25) is 0 Å². The maximum Gasteiger partial charge on any atom is 0.270 e. The van der Waals surface area contributed by atoms with Gasteiger partial charge < -0.3 is 15.2 Å². The Labute approximate surface area is 141 Å². The number of para-hydroxylation sites is 2. The Balaban J connectivity index is 1.56. The van der Waals surface area contributed by atoms with Gasteiger partial charge in [-0.1, -0.05) is 19.1 Å². The van der Waals surface area contributed by atoms with Crippen molar-refractivity contribution in [2.24, 2.45) is 5.41 Å². The molecule has 0 aliphatic carbocycles. The molecule has 2 aromatic rings. The van der Waals surface area contributed by atoms with Crippen LogP contribution in [0, 0.1) is 5.41 Å². The lowest BCUT2D eigenvalue weighted by Crippen LogP contribution is -2.37. The van der Waals surface area contributed by atoms with Crippen LogP contribution in [-0.4, -0.2) is 47.5 Å². The molecular formula is C18H24N4O2. The fraction of sp³-hybridized carbons (Fsp3) is 0.500. The molecular weight excluding hydrogens is 304 g/mol. The number of aryl methyl sites for hydroxylation is 1. The van der Waals surface area contributed by atoms with Crippen molar-refractivity contribution >= 4 is 16.9 Å². The zero-order chi connectivity index (χ0) is 17.2. The molecule has 1 aliphatic rings. The molecule has 2 heterocycles. The number of likely N-dealkylation sites (tertiary alicyclic amines) is 1. The van der Waals surface area contributed by atoms with Gasteiger partial charge in [0.05, 0.1) is 11.0 Å². The van der Waals surface area contributed by atoms with E-state index in [2.05, 4.69) is 34.2 Å². The van der Waals surface area contributed by atoms with Crippen LogP contribution in [0.5, 0.6) is 0 Å². The Morgan fingerprint density at radius 1 is 1.42 bits per heavy atom. The number of carbonyl (C=O) groups excluding carboxylic acids is 1. The minimum atomic E-state index is -0.217. The first kappa shape index (κ1) is 16.6. The smallest absolute Gasteiger partial charge is 0.270 e. The number of hydrogen-bond acceptors (Lipinski definition) is 4. The van der Waals surface area contributed by atoms with E-state index in [9.17, 15) is 9.59 Å². The molecule has 6 heteroatoms. The van der Waals surface area contributed by atoms with E-state index in [1.54, 1.807) is 0 Å². The van der Waals surface area contributed by atoms with E-state index in [-0.39, 0.29) is 23.3 Å². The number of aromatic amines is 1. The van der Waals surface area contributed by atoms with Crippen LogP contribution in [-0.2, 0) is 11.2 Å². The molecule has 2 N–H and O–H groups in total. The van der Waals surface area contributed by atoms with Gasteiger partial charge in [-0.15, -0.1) is 0 Å². The van der Waals surface area contributed by atoms with Gasteiger partial charge in [-0.25, -0.2) is 4.98 Å². The number of fused-ring (bicyclic) bond motifs is 1. The van der Waals surface area contributed by atoms with Gasteiger partial charge in [0.25, 0.3) is 5.56 Å². The van der Waals surface area contributed by atoms with Crippen LogP contribution >= 0.6 is 0 Å². The highest BCUT2D eigenvalue weighted by Gasteiger charge is 2.32. The van der Waals surface area contributed by atoms with E-state index in [1.807, 2.05) is 24.3 Å². The second-order valence-electron chi connectivity index (χ2n) is 7.10. The molecule has 1 aromatic carbocycles. The molecule has 1 saturated heterocycles. The monoisotopic (exact) mass is 328 g/mol. The fourth-order valence-corrected chi connectivity index (χ4v) is 3.28. The number of benzene rings is 1. The molecule has 128 valence electrons. The Bertz CT molecular complexity index is 801. The summed E-state index contributed by atoms with van der Waals surface area (Å²) in [5.41, 5.74) is 1.80. The highest BCUT2D eigenvalue weighted by molar-refractivity contribution is 5.76. The van der Waals surface area contributed by atoms with Crippen molar-refractivity contribution in [2.75, 3.05) is 26.7 Å². The van der Waals surface area contributed by atoms with Crippen molar-refractivity contribution in [1.82, 2.24) is 20.2 Å². The normalized spacial score (nSPS) is 21.2. The molecule has 1 fully saturated rings. The van der Waals surface area contributed by atoms with Gasteiger partial charge in [0.15, 0.2) is 0 Å². The Morgan fingerprint density at radius 2 is 2.21 bits per heavy atom. The molecule has 1 aromatic heterocycles. The van der Waals surface area contributed by atoms with Gasteiger partial charge in [0.2, 0.25) is 5.91 Å². The summed E-state index contributed by atoms with van der Waals surface area (Å²) in [5.74, 6) is -0.0277. The number of hydrogen-bond donors (Lipinski definition) is 2. The zero-order valence-electron chi connectivity index (χ0n) is 14.3. The molecule has 0 radical (unpaired) electrons. The molecule has 0 saturated carbocycles. The van der Waals surface area contributed by atoms with E-state index in [4.69, 9.17) is 0 Å². The quantitative estimate of drug-likeness (QED) is 0.867. The van der Waals surface area contributed by atoms with Gasteiger partial charge in [-0.2, -0.15) is 0 Å². The number of nitrogens with one attached hydrogen (secondary N) is 2. The average Bonchev–Trinajstić information content (AvgIpc) is 2.90. The summed E-state index contributed by atoms with van der Waals surface area (Å²) < 4.78 is 0. The summed E-state index contributed by atoms with van der Waals surface area (Å²) in [5, 5.41) is 3.01. The number of H-pyrrole nitrogens is 1. The molecule has 1 amide bonds. The highest BCUT2D eigenvalue weighted by atomic mass is 16.1. The van der Waals surface area contributed by atoms with Crippen molar-refractivity contribution in [1.29, 1.82) is 0 Å². The van der Waals surface area contributed by atoms with Crippen molar-refractivity contribution in [3.05, 3.63) is 40.3 Å². The third-order valence-electron chi connectivity index (χ3n) is 4.72. The molecule has 3 rings (SSSR count). The van der Waals surface area contributed by atoms with E-state index < -0.39 is 0 Å². The molecule has 1 atom stereocenters. The summed E-state index contributed by atoms with van der Waals surface area (Å²) in [6.45, 7) is 4.95. The van der Waals surface area contributed by atoms with Gasteiger partial charge in [0, 0.05) is 25.9 Å². The van der Waals surface area contributed by atoms with Gasteiger partial charge in [-0.05, 0) is 37.6 Å². The maximum absolute atomic E-state index is 12.1. The predicted molar refractivity (Wildman–Crippen MR) is 93.9 cm³/mol. The van der Waals surface area contributed by atoms with Crippen LogP contribution in [0.25, 0.3) is 11.0 Å². The van der Waals surface area contributed by atoms with Crippen LogP contribution in [0.15, 0.2) is 29.1 Å². The molecule has 0 spiro atoms. The average molecular weight is 328 g/mol. The fourth-order valence-electron chi connectivity index (χ4n) is 3.28. The number of carbonyl (C=O) groups is 1. The first-order valence-corrected chi connectivity index (χ1v) is 8.38. The van der Waals surface area contributed by atoms with Crippen molar-refractivity contribution in [3.63, 3.8) is 0 Å². The summed E-state index contributed by atoms with van der Waals surface area (Å²) in [6.07, 6.45) is 1.72. The van der Waals surface area contributed by atoms with Crippen molar-refractivity contribution in [2.45, 2.75) is 26.2 Å². The highest BCUT2D eigenvalue weighted by Crippen LogP contribution is 2.27. The summed E-state index contributed by atoms with van der Waals surface area (Å²) in [7, 11) is 2.10. The first-order valence-electron chi connectivity index (χ1n) is 8.38. The second kappa shape index (κ2) is 6.73. The molecule has 6 nitrogen and oxygen atoms in total. The van der Waals surface area contributed by atoms with E-state index >= 15 is 0 Å². The Morgan fingerprint density at radius 3 is 2.96 bits per heavy atom. The maximum atomic E-state index is 12.1. The summed E-state index contributed by atoms with van der Waals surface area (Å²) in [4.78, 5) is 33.6. The molecule has 1 aliphatic heterocycles. The lowest BCUT2D eigenvalue weighted by atomic mass is 9.90. The summed E-state index contributed by atoms with van der Waals surface area (Å²) in [6, 6.07) is 7.41. The van der Waals surface area contributed by atoms with Crippen LogP contribution in [0.3, 0.4) is 0 Å². The number of nitrogens with zero attached hydrogens (tertiary/aromatic N) is 2. The number of rotatable bonds is 5. The van der Waals surface area contributed by atoms with Crippen LogP contribution in [0.4, 0.5) is 0 Å². The standard InChI is InChI=1S/C18H24N4O2/c1-18(9-10-22(2)12-18)11-19-16(23)8-7-15-17(24)21-14-6-4-3-5-13(14)20-15/h3-6H,7-12H2,1-2H3,(H,19,23)(H,21,24). The summed E-state index contributed by atoms with van der Waals surface area (Å²) >= 11 is 0. The van der Waals surface area contributed by atoms with Crippen molar-refractivity contribution in [3.8, 4) is 0 Å². The Hall–Kier alpha value is -2.21. The molecule has 0 bridgehead atoms.